The molecule has 0 radical (unpaired) electrons. The van der Waals surface area contributed by atoms with Crippen LogP contribution >= 0.6 is 0 Å². The lowest BCUT2D eigenvalue weighted by Crippen LogP contribution is -2.69. The Labute approximate surface area is 413 Å². The van der Waals surface area contributed by atoms with Gasteiger partial charge in [-0.1, -0.05) is 0 Å². The third kappa shape index (κ3) is 13.0. The lowest BCUT2D eigenvalue weighted by atomic mass is 9.94. The molecule has 6 fully saturated rings. The number of amides is 2. The summed E-state index contributed by atoms with van der Waals surface area (Å²) >= 11 is 0. The molecule has 6 heterocycles. The average molecular weight is 1070 g/mol. The van der Waals surface area contributed by atoms with Crippen LogP contribution in [0.25, 0.3) is 0 Å². The van der Waals surface area contributed by atoms with Crippen LogP contribution in [0.4, 0.5) is 0 Å². The number of ether oxygens (including phenoxy) is 11. The zero-order chi connectivity index (χ0) is 53.9. The molecule has 2 amide bonds. The van der Waals surface area contributed by atoms with Gasteiger partial charge in [0.25, 0.3) is 0 Å². The van der Waals surface area contributed by atoms with Crippen molar-refractivity contribution in [3.8, 4) is 0 Å². The first-order valence-electron chi connectivity index (χ1n) is 23.1. The molecule has 6 aliphatic heterocycles. The number of carbonyl (C=O) groups is 2. The molecule has 0 unspecified atom stereocenters. The van der Waals surface area contributed by atoms with Crippen LogP contribution in [0.3, 0.4) is 0 Å². The first-order chi connectivity index (χ1) is 34.5. The van der Waals surface area contributed by atoms with Crippen molar-refractivity contribution in [3.05, 3.63) is 0 Å². The predicted molar refractivity (Wildman–Crippen MR) is 222 cm³/mol. The molecule has 73 heavy (non-hydrogen) atoms. The standard InChI is InChI=1S/C40H68N2O31/c1-9(48)41-17-22(53)19(50)11(3-43)65-37(17)70-33-15(7-47)68-39(29(60)26(33)57)71-31-14(6-46)67-36(18(23(31)54)42-10(2)49)63-8-16-21(52)34(73-38-28(59)24(55)20(51)12(4-44)66-38)30(61)40(69-16)72-32-13(5-45)64-35(62)27(58)25(32)56/h11-40,43-47,50-62H,3-8H2,1-2H3,(H,41,48)(H,42,49)/t11-,12-,13-,14-,15-,16-,17-,18-,19+,20+,21+,22-,23-,24+,25-,26-,27-,28-,29-,30-,31-,32-,33+,34+,35-,36-,37+,38-,39+,40+/m1/s1. The normalized spacial score (nSPS) is 49.8. The van der Waals surface area contributed by atoms with E-state index in [-0.39, 0.29) is 0 Å². The van der Waals surface area contributed by atoms with Crippen molar-refractivity contribution in [1.29, 1.82) is 0 Å². The first-order valence-corrected chi connectivity index (χ1v) is 23.1. The molecule has 6 rings (SSSR count). The minimum absolute atomic E-state index is 0.721. The van der Waals surface area contributed by atoms with Gasteiger partial charge in [-0.15, -0.1) is 0 Å². The highest BCUT2D eigenvalue weighted by Crippen LogP contribution is 2.36. The molecule has 0 aromatic carbocycles. The van der Waals surface area contributed by atoms with Crippen molar-refractivity contribution in [3.63, 3.8) is 0 Å². The number of carbonyl (C=O) groups excluding carboxylic acids is 2. The van der Waals surface area contributed by atoms with Gasteiger partial charge in [0.2, 0.25) is 11.8 Å². The highest BCUT2D eigenvalue weighted by molar-refractivity contribution is 5.73. The Hall–Kier alpha value is -2.22. The summed E-state index contributed by atoms with van der Waals surface area (Å²) in [4.78, 5) is 24.5. The van der Waals surface area contributed by atoms with Crippen LogP contribution in [0, 0.1) is 0 Å². The topological polar surface area (TPSA) is 524 Å². The van der Waals surface area contributed by atoms with Crippen LogP contribution in [-0.2, 0) is 61.7 Å². The minimum atomic E-state index is -2.18. The fourth-order valence-corrected chi connectivity index (χ4v) is 9.22. The van der Waals surface area contributed by atoms with Gasteiger partial charge in [0.15, 0.2) is 37.7 Å². The number of rotatable bonds is 18. The van der Waals surface area contributed by atoms with E-state index in [0.717, 1.165) is 13.8 Å². The molecule has 0 aromatic rings. The zero-order valence-electron chi connectivity index (χ0n) is 38.9. The second-order valence-electron chi connectivity index (χ2n) is 18.3. The first kappa shape index (κ1) is 60.0. The van der Waals surface area contributed by atoms with Gasteiger partial charge >= 0.3 is 0 Å². The lowest BCUT2D eigenvalue weighted by molar-refractivity contribution is -0.384. The number of hydrogen-bond acceptors (Lipinski definition) is 31. The zero-order valence-corrected chi connectivity index (χ0v) is 38.9. The molecule has 0 spiro atoms. The Kier molecular flexibility index (Phi) is 21.3. The van der Waals surface area contributed by atoms with Gasteiger partial charge in [-0.2, -0.15) is 0 Å². The summed E-state index contributed by atoms with van der Waals surface area (Å²) in [7, 11) is 0. The summed E-state index contributed by atoms with van der Waals surface area (Å²) in [5.41, 5.74) is 0. The minimum Gasteiger partial charge on any atom is -0.394 e. The molecule has 424 valence electrons. The molecule has 0 saturated carbocycles. The third-order valence-electron chi connectivity index (χ3n) is 13.2. The van der Waals surface area contributed by atoms with Crippen molar-refractivity contribution in [2.24, 2.45) is 0 Å². The van der Waals surface area contributed by atoms with Gasteiger partial charge < -0.3 is 155 Å². The molecule has 20 N–H and O–H groups in total. The summed E-state index contributed by atoms with van der Waals surface area (Å²) < 4.78 is 62.4. The Morgan fingerprint density at radius 2 is 0.726 bits per heavy atom. The summed E-state index contributed by atoms with van der Waals surface area (Å²) in [5.74, 6) is -1.55. The van der Waals surface area contributed by atoms with Crippen molar-refractivity contribution < 1.29 is 154 Å². The number of hydrogen-bond donors (Lipinski definition) is 20. The summed E-state index contributed by atoms with van der Waals surface area (Å²) in [5, 5.41) is 196. The smallest absolute Gasteiger partial charge is 0.217 e. The van der Waals surface area contributed by atoms with E-state index in [1.807, 2.05) is 0 Å². The quantitative estimate of drug-likeness (QED) is 0.0606. The maximum Gasteiger partial charge on any atom is 0.217 e. The van der Waals surface area contributed by atoms with E-state index in [1.165, 1.54) is 0 Å². The molecule has 33 heteroatoms. The van der Waals surface area contributed by atoms with E-state index in [2.05, 4.69) is 10.6 Å². The van der Waals surface area contributed by atoms with E-state index in [1.54, 1.807) is 0 Å². The van der Waals surface area contributed by atoms with Gasteiger partial charge in [-0.25, -0.2) is 0 Å². The van der Waals surface area contributed by atoms with E-state index >= 15 is 0 Å². The SMILES string of the molecule is CC(=O)N[C@H]1[C@H](OC[C@H]2O[C@@H](O[C@H]3[C@H](O)[C@@H](O)[C@H](O)O[C@@H]3CO)[C@H](O)[C@@H](O[C@H]3O[C@H](CO)[C@H](O)[C@H](O)[C@H]3O)[C@H]2O)O[C@H](CO)[C@@H](O[C@@H]2O[C@H](CO)[C@H](O[C@@H]3O[C@H](CO)[C@H](O)[C@H](O)[C@H]3NC(C)=O)[C@H](O)[C@H]2O)[C@@H]1O. The van der Waals surface area contributed by atoms with Crippen LogP contribution in [0.2, 0.25) is 0 Å². The number of aliphatic hydroxyl groups is 18. The van der Waals surface area contributed by atoms with Crippen LogP contribution in [-0.4, -0.2) is 327 Å². The molecular weight excluding hydrogens is 1000 g/mol. The Morgan fingerprint density at radius 1 is 0.356 bits per heavy atom. The summed E-state index contributed by atoms with van der Waals surface area (Å²) in [6.45, 7) is -3.52. The van der Waals surface area contributed by atoms with Crippen molar-refractivity contribution in [1.82, 2.24) is 10.6 Å². The van der Waals surface area contributed by atoms with Crippen molar-refractivity contribution in [2.45, 2.75) is 198 Å². The molecular formula is C40H68N2O31. The monoisotopic (exact) mass is 1070 g/mol. The van der Waals surface area contributed by atoms with Crippen LogP contribution in [0.15, 0.2) is 0 Å². The van der Waals surface area contributed by atoms with Crippen molar-refractivity contribution >= 4 is 11.8 Å². The second kappa shape index (κ2) is 26.0. The largest absolute Gasteiger partial charge is 0.394 e. The van der Waals surface area contributed by atoms with E-state index < -0.39 is 236 Å². The van der Waals surface area contributed by atoms with Gasteiger partial charge in [0.05, 0.1) is 39.6 Å². The van der Waals surface area contributed by atoms with Crippen molar-refractivity contribution in [2.75, 3.05) is 39.6 Å². The average Bonchev–Trinajstić information content (AvgIpc) is 3.36. The molecule has 0 aliphatic carbocycles. The molecule has 33 nitrogen and oxygen atoms in total. The lowest BCUT2D eigenvalue weighted by Gasteiger charge is -2.49. The fraction of sp³-hybridized carbons (Fsp3) is 0.950. The highest BCUT2D eigenvalue weighted by atomic mass is 16.8. The predicted octanol–water partition coefficient (Wildman–Crippen LogP) is -13.8. The fourth-order valence-electron chi connectivity index (χ4n) is 9.22. The maximum absolute atomic E-state index is 12.6. The highest BCUT2D eigenvalue weighted by Gasteiger charge is 2.57. The van der Waals surface area contributed by atoms with Gasteiger partial charge in [-0.3, -0.25) is 9.59 Å². The molecule has 0 aromatic heterocycles. The van der Waals surface area contributed by atoms with Crippen LogP contribution in [0.5, 0.6) is 0 Å². The summed E-state index contributed by atoms with van der Waals surface area (Å²) in [6.07, 6.45) is -52.8. The summed E-state index contributed by atoms with van der Waals surface area (Å²) in [6, 6.07) is -3.23. The number of nitrogens with one attached hydrogen (secondary N) is 2. The third-order valence-corrected chi connectivity index (χ3v) is 13.2. The Morgan fingerprint density at radius 3 is 1.25 bits per heavy atom. The van der Waals surface area contributed by atoms with Crippen LogP contribution in [0.1, 0.15) is 13.8 Å². The Balaban J connectivity index is 1.20. The molecule has 6 saturated heterocycles. The number of aliphatic hydroxyl groups excluding tert-OH is 18. The van der Waals surface area contributed by atoms with E-state index in [9.17, 15) is 102 Å². The van der Waals surface area contributed by atoms with Gasteiger partial charge in [0, 0.05) is 13.8 Å². The maximum atomic E-state index is 12.6. The van der Waals surface area contributed by atoms with Gasteiger partial charge in [0.1, 0.15) is 146 Å². The van der Waals surface area contributed by atoms with E-state index in [0.29, 0.717) is 0 Å². The molecule has 6 aliphatic rings. The molecule has 30 atom stereocenters. The molecule has 0 bridgehead atoms. The van der Waals surface area contributed by atoms with Crippen LogP contribution < -0.4 is 10.6 Å². The van der Waals surface area contributed by atoms with E-state index in [4.69, 9.17) is 52.1 Å². The second-order valence-corrected chi connectivity index (χ2v) is 18.3. The Bertz CT molecular complexity index is 1740. The van der Waals surface area contributed by atoms with Gasteiger partial charge in [-0.05, 0) is 0 Å².